The summed E-state index contributed by atoms with van der Waals surface area (Å²) in [7, 11) is 0. The molecule has 0 atom stereocenters. The zero-order valence-electron chi connectivity index (χ0n) is 5.65. The molecule has 0 aromatic carbocycles. The molecule has 0 radical (unpaired) electrons. The summed E-state index contributed by atoms with van der Waals surface area (Å²) >= 11 is 1.53. The molecule has 0 amide bonds. The van der Waals surface area contributed by atoms with Crippen LogP contribution in [0, 0.1) is 0 Å². The SMILES string of the molecule is CCON=Cc1cncs1. The Bertz CT molecular complexity index is 196. The molecule has 1 aromatic heterocycles. The largest absolute Gasteiger partial charge is 0.396 e. The first kappa shape index (κ1) is 7.21. The molecular formula is C6H8N2OS. The lowest BCUT2D eigenvalue weighted by atomic mass is 10.6. The fraction of sp³-hybridized carbons (Fsp3) is 0.333. The highest BCUT2D eigenvalue weighted by atomic mass is 32.1. The van der Waals surface area contributed by atoms with Crippen LogP contribution in [0.25, 0.3) is 0 Å². The Morgan fingerprint density at radius 3 is 3.40 bits per heavy atom. The molecule has 0 aliphatic heterocycles. The molecule has 1 rings (SSSR count). The summed E-state index contributed by atoms with van der Waals surface area (Å²) in [5.41, 5.74) is 1.76. The molecule has 0 unspecified atom stereocenters. The van der Waals surface area contributed by atoms with Crippen LogP contribution in [0.2, 0.25) is 0 Å². The van der Waals surface area contributed by atoms with Gasteiger partial charge in [-0.25, -0.2) is 0 Å². The zero-order chi connectivity index (χ0) is 7.23. The second-order valence-electron chi connectivity index (χ2n) is 1.56. The fourth-order valence-corrected chi connectivity index (χ4v) is 0.922. The zero-order valence-corrected chi connectivity index (χ0v) is 6.47. The molecule has 0 bridgehead atoms. The molecular weight excluding hydrogens is 148 g/mol. The second kappa shape index (κ2) is 4.00. The minimum absolute atomic E-state index is 0.606. The van der Waals surface area contributed by atoms with Gasteiger partial charge in [-0.3, -0.25) is 4.98 Å². The standard InChI is InChI=1S/C6H8N2OS/c1-2-9-8-4-6-3-7-5-10-6/h3-5H,2H2,1H3. The van der Waals surface area contributed by atoms with E-state index in [1.54, 1.807) is 17.9 Å². The monoisotopic (exact) mass is 156 g/mol. The predicted octanol–water partition coefficient (Wildman–Crippen LogP) is 1.51. The van der Waals surface area contributed by atoms with Crippen LogP contribution in [0.5, 0.6) is 0 Å². The van der Waals surface area contributed by atoms with Crippen molar-refractivity contribution in [3.63, 3.8) is 0 Å². The Labute approximate surface area is 63.3 Å². The number of thiazole rings is 1. The Balaban J connectivity index is 2.40. The van der Waals surface area contributed by atoms with Gasteiger partial charge in [0, 0.05) is 6.20 Å². The van der Waals surface area contributed by atoms with Crippen LogP contribution in [0.4, 0.5) is 0 Å². The Hall–Kier alpha value is -0.900. The van der Waals surface area contributed by atoms with Gasteiger partial charge in [0.05, 0.1) is 16.6 Å². The average Bonchev–Trinajstić information content (AvgIpc) is 2.41. The Morgan fingerprint density at radius 1 is 1.90 bits per heavy atom. The lowest BCUT2D eigenvalue weighted by molar-refractivity contribution is 0.160. The van der Waals surface area contributed by atoms with Crippen molar-refractivity contribution in [2.45, 2.75) is 6.92 Å². The van der Waals surface area contributed by atoms with Crippen LogP contribution in [-0.4, -0.2) is 17.8 Å². The topological polar surface area (TPSA) is 34.5 Å². The maximum absolute atomic E-state index is 4.76. The number of nitrogens with zero attached hydrogens (tertiary/aromatic N) is 2. The molecule has 0 fully saturated rings. The number of hydrogen-bond acceptors (Lipinski definition) is 4. The fourth-order valence-electron chi connectivity index (χ4n) is 0.453. The van der Waals surface area contributed by atoms with E-state index in [2.05, 4.69) is 10.1 Å². The van der Waals surface area contributed by atoms with Crippen molar-refractivity contribution in [1.29, 1.82) is 0 Å². The van der Waals surface area contributed by atoms with Crippen LogP contribution in [0.3, 0.4) is 0 Å². The molecule has 0 saturated heterocycles. The van der Waals surface area contributed by atoms with Crippen molar-refractivity contribution in [1.82, 2.24) is 4.98 Å². The smallest absolute Gasteiger partial charge is 0.114 e. The van der Waals surface area contributed by atoms with E-state index in [9.17, 15) is 0 Å². The van der Waals surface area contributed by atoms with Gasteiger partial charge in [-0.15, -0.1) is 11.3 Å². The highest BCUT2D eigenvalue weighted by Gasteiger charge is 1.85. The lowest BCUT2D eigenvalue weighted by Gasteiger charge is -1.87. The van der Waals surface area contributed by atoms with E-state index in [-0.39, 0.29) is 0 Å². The average molecular weight is 156 g/mol. The van der Waals surface area contributed by atoms with Crippen LogP contribution in [-0.2, 0) is 4.84 Å². The van der Waals surface area contributed by atoms with Gasteiger partial charge in [0.15, 0.2) is 0 Å². The maximum Gasteiger partial charge on any atom is 0.114 e. The van der Waals surface area contributed by atoms with Crippen LogP contribution >= 0.6 is 11.3 Å². The van der Waals surface area contributed by atoms with Crippen molar-refractivity contribution in [3.05, 3.63) is 16.6 Å². The summed E-state index contributed by atoms with van der Waals surface area (Å²) in [5.74, 6) is 0. The molecule has 0 aliphatic rings. The molecule has 10 heavy (non-hydrogen) atoms. The Kier molecular flexibility index (Phi) is 2.89. The molecule has 0 aliphatic carbocycles. The maximum atomic E-state index is 4.76. The van der Waals surface area contributed by atoms with Crippen LogP contribution < -0.4 is 0 Å². The molecule has 1 heterocycles. The van der Waals surface area contributed by atoms with Crippen molar-refractivity contribution in [2.24, 2.45) is 5.16 Å². The van der Waals surface area contributed by atoms with Gasteiger partial charge in [-0.1, -0.05) is 5.16 Å². The van der Waals surface area contributed by atoms with Crippen molar-refractivity contribution < 1.29 is 4.84 Å². The minimum Gasteiger partial charge on any atom is -0.396 e. The lowest BCUT2D eigenvalue weighted by Crippen LogP contribution is -1.79. The molecule has 0 spiro atoms. The molecule has 54 valence electrons. The minimum atomic E-state index is 0.606. The van der Waals surface area contributed by atoms with Crippen molar-refractivity contribution >= 4 is 17.6 Å². The molecule has 1 aromatic rings. The summed E-state index contributed by atoms with van der Waals surface area (Å²) in [6.45, 7) is 2.50. The van der Waals surface area contributed by atoms with Gasteiger partial charge in [-0.05, 0) is 6.92 Å². The van der Waals surface area contributed by atoms with Crippen LogP contribution in [0.15, 0.2) is 16.9 Å². The third-order valence-electron chi connectivity index (χ3n) is 0.835. The van der Waals surface area contributed by atoms with Gasteiger partial charge < -0.3 is 4.84 Å². The van der Waals surface area contributed by atoms with Crippen molar-refractivity contribution in [2.75, 3.05) is 6.61 Å². The van der Waals surface area contributed by atoms with E-state index in [4.69, 9.17) is 4.84 Å². The third kappa shape index (κ3) is 2.14. The van der Waals surface area contributed by atoms with E-state index < -0.39 is 0 Å². The third-order valence-corrected chi connectivity index (χ3v) is 1.55. The van der Waals surface area contributed by atoms with E-state index in [0.717, 1.165) is 4.88 Å². The Morgan fingerprint density at radius 2 is 2.80 bits per heavy atom. The predicted molar refractivity (Wildman–Crippen MR) is 41.3 cm³/mol. The van der Waals surface area contributed by atoms with E-state index >= 15 is 0 Å². The summed E-state index contributed by atoms with van der Waals surface area (Å²) in [6.07, 6.45) is 3.40. The summed E-state index contributed by atoms with van der Waals surface area (Å²) in [6, 6.07) is 0. The highest BCUT2D eigenvalue weighted by Crippen LogP contribution is 2.00. The van der Waals surface area contributed by atoms with E-state index in [1.165, 1.54) is 11.3 Å². The molecule has 3 nitrogen and oxygen atoms in total. The van der Waals surface area contributed by atoms with Gasteiger partial charge in [0.2, 0.25) is 0 Å². The highest BCUT2D eigenvalue weighted by molar-refractivity contribution is 7.11. The van der Waals surface area contributed by atoms with E-state index in [1.807, 2.05) is 6.92 Å². The summed E-state index contributed by atoms with van der Waals surface area (Å²) in [4.78, 5) is 9.64. The second-order valence-corrected chi connectivity index (χ2v) is 2.47. The van der Waals surface area contributed by atoms with Gasteiger partial charge in [-0.2, -0.15) is 0 Å². The summed E-state index contributed by atoms with van der Waals surface area (Å²) in [5, 5.41) is 3.68. The first-order valence-corrected chi connectivity index (χ1v) is 3.85. The number of aromatic nitrogens is 1. The first-order chi connectivity index (χ1) is 4.93. The van der Waals surface area contributed by atoms with Gasteiger partial charge >= 0.3 is 0 Å². The van der Waals surface area contributed by atoms with Crippen molar-refractivity contribution in [3.8, 4) is 0 Å². The van der Waals surface area contributed by atoms with E-state index in [0.29, 0.717) is 6.61 Å². The molecule has 0 N–H and O–H groups in total. The number of rotatable bonds is 3. The number of hydrogen-bond donors (Lipinski definition) is 0. The van der Waals surface area contributed by atoms with Gasteiger partial charge in [0.1, 0.15) is 6.61 Å². The summed E-state index contributed by atoms with van der Waals surface area (Å²) < 4.78 is 0. The first-order valence-electron chi connectivity index (χ1n) is 2.97. The normalized spacial score (nSPS) is 10.5. The van der Waals surface area contributed by atoms with Gasteiger partial charge in [0.25, 0.3) is 0 Å². The number of oxime groups is 1. The van der Waals surface area contributed by atoms with Crippen LogP contribution in [0.1, 0.15) is 11.8 Å². The molecule has 0 saturated carbocycles. The molecule has 4 heteroatoms. The quantitative estimate of drug-likeness (QED) is 0.491.